The monoisotopic (exact) mass is 417 g/mol. The van der Waals surface area contributed by atoms with Crippen LogP contribution in [0.2, 0.25) is 0 Å². The van der Waals surface area contributed by atoms with E-state index in [1.165, 1.54) is 30.5 Å². The van der Waals surface area contributed by atoms with E-state index in [9.17, 15) is 9.18 Å². The third-order valence-electron chi connectivity index (χ3n) is 6.07. The molecule has 4 nitrogen and oxygen atoms in total. The molecule has 1 aliphatic heterocycles. The predicted octanol–water partition coefficient (Wildman–Crippen LogP) is 5.62. The van der Waals surface area contributed by atoms with Gasteiger partial charge < -0.3 is 14.4 Å². The smallest absolute Gasteiger partial charge is 0.306 e. The number of carbonyl (C=O) groups excluding carboxylic acids is 1. The van der Waals surface area contributed by atoms with Crippen LogP contribution in [0.15, 0.2) is 47.0 Å². The lowest BCUT2D eigenvalue weighted by atomic mass is 9.91. The summed E-state index contributed by atoms with van der Waals surface area (Å²) in [7, 11) is 0. The van der Waals surface area contributed by atoms with Gasteiger partial charge >= 0.3 is 5.97 Å². The first-order valence-corrected chi connectivity index (χ1v) is 11.6. The van der Waals surface area contributed by atoms with E-state index < -0.39 is 0 Å². The minimum absolute atomic E-state index is 0.0407. The van der Waals surface area contributed by atoms with Crippen LogP contribution in [0, 0.1) is 5.92 Å². The molecule has 5 heteroatoms. The van der Waals surface area contributed by atoms with Gasteiger partial charge in [-0.05, 0) is 62.7 Å². The first-order chi connectivity index (χ1) is 14.6. The molecule has 0 radical (unpaired) electrons. The van der Waals surface area contributed by atoms with E-state index in [-0.39, 0.29) is 30.2 Å². The second-order valence-electron chi connectivity index (χ2n) is 8.36. The van der Waals surface area contributed by atoms with Gasteiger partial charge in [0, 0.05) is 31.1 Å². The van der Waals surface area contributed by atoms with Crippen LogP contribution < -0.4 is 0 Å². The largest absolute Gasteiger partial charge is 0.466 e. The lowest BCUT2D eigenvalue weighted by Gasteiger charge is -2.39. The van der Waals surface area contributed by atoms with Crippen LogP contribution in [0.4, 0.5) is 4.39 Å². The van der Waals surface area contributed by atoms with Gasteiger partial charge in [0.2, 0.25) is 0 Å². The molecule has 0 amide bonds. The van der Waals surface area contributed by atoms with Gasteiger partial charge in [0.15, 0.2) is 0 Å². The zero-order valence-electron chi connectivity index (χ0n) is 18.5. The fraction of sp³-hybridized carbons (Fsp3) is 0.640. The van der Waals surface area contributed by atoms with Gasteiger partial charge in [-0.2, -0.15) is 0 Å². The molecule has 0 saturated heterocycles. The Morgan fingerprint density at radius 3 is 2.93 bits per heavy atom. The van der Waals surface area contributed by atoms with Gasteiger partial charge in [-0.1, -0.05) is 31.6 Å². The van der Waals surface area contributed by atoms with E-state index in [1.54, 1.807) is 13.0 Å². The van der Waals surface area contributed by atoms with E-state index in [0.29, 0.717) is 25.2 Å². The SMILES string of the molecule is CCCCN1CCCC2=C1C(OCC1C=C(F)C(CCC(=O)OCC)=CC1)CC=C2. The van der Waals surface area contributed by atoms with Crippen molar-refractivity contribution in [1.29, 1.82) is 0 Å². The first kappa shape index (κ1) is 22.8. The summed E-state index contributed by atoms with van der Waals surface area (Å²) in [5, 5.41) is 0. The van der Waals surface area contributed by atoms with E-state index in [4.69, 9.17) is 9.47 Å². The quantitative estimate of drug-likeness (QED) is 0.432. The Morgan fingerprint density at radius 1 is 1.30 bits per heavy atom. The van der Waals surface area contributed by atoms with Crippen LogP contribution in [-0.2, 0) is 14.3 Å². The number of unbranched alkanes of at least 4 members (excludes halogenated alkanes) is 1. The molecular formula is C25H36FNO3. The van der Waals surface area contributed by atoms with Crippen molar-refractivity contribution in [2.24, 2.45) is 5.92 Å². The number of ether oxygens (including phenoxy) is 2. The lowest BCUT2D eigenvalue weighted by Crippen LogP contribution is -2.38. The average molecular weight is 418 g/mol. The zero-order valence-corrected chi connectivity index (χ0v) is 18.5. The number of nitrogens with zero attached hydrogens (tertiary/aromatic N) is 1. The van der Waals surface area contributed by atoms with Crippen LogP contribution in [0.25, 0.3) is 0 Å². The molecule has 2 unspecified atom stereocenters. The van der Waals surface area contributed by atoms with Crippen LogP contribution in [0.3, 0.4) is 0 Å². The van der Waals surface area contributed by atoms with Gasteiger partial charge in [0.05, 0.1) is 13.2 Å². The minimum atomic E-state index is -0.272. The number of hydrogen-bond donors (Lipinski definition) is 0. The van der Waals surface area contributed by atoms with E-state index >= 15 is 0 Å². The standard InChI is InChI=1S/C25H36FNO3/c1-3-5-15-27-16-7-9-21-8-6-10-23(25(21)27)30-18-19-11-12-20(22(26)17-19)13-14-24(28)29-4-2/h6,8,12,17,19,23H,3-5,7,9-11,13-16,18H2,1-2H3. The number of rotatable bonds is 10. The molecule has 0 bridgehead atoms. The highest BCUT2D eigenvalue weighted by molar-refractivity contribution is 5.69. The summed E-state index contributed by atoms with van der Waals surface area (Å²) < 4.78 is 25.8. The molecule has 0 saturated carbocycles. The van der Waals surface area contributed by atoms with Crippen LogP contribution >= 0.6 is 0 Å². The summed E-state index contributed by atoms with van der Waals surface area (Å²) in [6.45, 7) is 7.09. The molecule has 0 N–H and O–H groups in total. The molecule has 3 rings (SSSR count). The van der Waals surface area contributed by atoms with Crippen molar-refractivity contribution in [2.75, 3.05) is 26.3 Å². The van der Waals surface area contributed by atoms with E-state index in [2.05, 4.69) is 24.0 Å². The van der Waals surface area contributed by atoms with Gasteiger partial charge in [-0.3, -0.25) is 4.79 Å². The van der Waals surface area contributed by atoms with Gasteiger partial charge in [-0.15, -0.1) is 0 Å². The molecule has 0 fully saturated rings. The molecule has 0 aromatic heterocycles. The summed E-state index contributed by atoms with van der Waals surface area (Å²) in [5.74, 6) is -0.449. The Labute approximate surface area is 180 Å². The first-order valence-electron chi connectivity index (χ1n) is 11.6. The predicted molar refractivity (Wildman–Crippen MR) is 117 cm³/mol. The molecule has 2 aliphatic carbocycles. The van der Waals surface area contributed by atoms with Gasteiger partial charge in [0.25, 0.3) is 0 Å². The average Bonchev–Trinajstić information content (AvgIpc) is 2.75. The highest BCUT2D eigenvalue weighted by atomic mass is 19.1. The molecule has 0 aromatic carbocycles. The lowest BCUT2D eigenvalue weighted by molar-refractivity contribution is -0.143. The third-order valence-corrected chi connectivity index (χ3v) is 6.07. The summed E-state index contributed by atoms with van der Waals surface area (Å²) in [6.07, 6.45) is 15.1. The minimum Gasteiger partial charge on any atom is -0.466 e. The van der Waals surface area contributed by atoms with Crippen molar-refractivity contribution in [3.8, 4) is 0 Å². The number of carbonyl (C=O) groups is 1. The van der Waals surface area contributed by atoms with Crippen LogP contribution in [0.1, 0.15) is 65.2 Å². The summed E-state index contributed by atoms with van der Waals surface area (Å²) in [4.78, 5) is 14.0. The Kier molecular flexibility index (Phi) is 8.74. The van der Waals surface area contributed by atoms with Gasteiger partial charge in [-0.25, -0.2) is 4.39 Å². The summed E-state index contributed by atoms with van der Waals surface area (Å²) >= 11 is 0. The maximum Gasteiger partial charge on any atom is 0.306 e. The van der Waals surface area contributed by atoms with Crippen LogP contribution in [-0.4, -0.2) is 43.3 Å². The second kappa shape index (κ2) is 11.5. The van der Waals surface area contributed by atoms with Gasteiger partial charge in [0.1, 0.15) is 11.9 Å². The number of halogens is 1. The third kappa shape index (κ3) is 6.07. The van der Waals surface area contributed by atoms with Crippen molar-refractivity contribution in [2.45, 2.75) is 71.3 Å². The van der Waals surface area contributed by atoms with Crippen molar-refractivity contribution in [3.05, 3.63) is 47.0 Å². The second-order valence-corrected chi connectivity index (χ2v) is 8.36. The molecule has 3 aliphatic rings. The van der Waals surface area contributed by atoms with E-state index in [0.717, 1.165) is 32.4 Å². The molecule has 1 heterocycles. The number of hydrogen-bond acceptors (Lipinski definition) is 4. The topological polar surface area (TPSA) is 38.8 Å². The van der Waals surface area contributed by atoms with Crippen LogP contribution in [0.5, 0.6) is 0 Å². The Hall–Kier alpha value is -1.88. The Balaban J connectivity index is 1.53. The Morgan fingerprint density at radius 2 is 2.17 bits per heavy atom. The fourth-order valence-corrected chi connectivity index (χ4v) is 4.49. The molecule has 166 valence electrons. The highest BCUT2D eigenvalue weighted by Gasteiger charge is 2.29. The maximum absolute atomic E-state index is 14.5. The fourth-order valence-electron chi connectivity index (χ4n) is 4.49. The highest BCUT2D eigenvalue weighted by Crippen LogP contribution is 2.34. The van der Waals surface area contributed by atoms with Crippen molar-refractivity contribution in [3.63, 3.8) is 0 Å². The summed E-state index contributed by atoms with van der Waals surface area (Å²) in [5.41, 5.74) is 3.39. The molecular weight excluding hydrogens is 381 g/mol. The van der Waals surface area contributed by atoms with E-state index in [1.807, 2.05) is 6.08 Å². The summed E-state index contributed by atoms with van der Waals surface area (Å²) in [6, 6.07) is 0. The normalized spacial score (nSPS) is 23.8. The van der Waals surface area contributed by atoms with Crippen molar-refractivity contribution in [1.82, 2.24) is 4.90 Å². The molecule has 2 atom stereocenters. The zero-order chi connectivity index (χ0) is 21.3. The Bertz CT molecular complexity index is 722. The van der Waals surface area contributed by atoms with Crippen molar-refractivity contribution >= 4 is 5.97 Å². The molecule has 30 heavy (non-hydrogen) atoms. The maximum atomic E-state index is 14.5. The number of allylic oxidation sites excluding steroid dienone is 5. The van der Waals surface area contributed by atoms with Crippen molar-refractivity contribution < 1.29 is 18.7 Å². The molecule has 0 spiro atoms. The molecule has 0 aromatic rings. The number of esters is 1.